The number of hydrogen-bond acceptors (Lipinski definition) is 12. The number of aliphatic hydroxyl groups excluding tert-OH is 4. The van der Waals surface area contributed by atoms with Crippen molar-refractivity contribution >= 4 is 17.5 Å². The van der Waals surface area contributed by atoms with Gasteiger partial charge in [0.1, 0.15) is 47.6 Å². The summed E-state index contributed by atoms with van der Waals surface area (Å²) in [5.74, 6) is -8.24. The molecule has 2 aromatic carbocycles. The van der Waals surface area contributed by atoms with Crippen molar-refractivity contribution in [3.05, 3.63) is 45.0 Å². The molecule has 35 heavy (non-hydrogen) atoms. The summed E-state index contributed by atoms with van der Waals surface area (Å²) in [5.41, 5.74) is -4.49. The zero-order chi connectivity index (χ0) is 26.1. The van der Waals surface area contributed by atoms with Gasteiger partial charge in [-0.2, -0.15) is 0 Å². The zero-order valence-electron chi connectivity index (χ0n) is 17.8. The van der Waals surface area contributed by atoms with E-state index in [-0.39, 0.29) is 5.56 Å². The fourth-order valence-electron chi connectivity index (χ4n) is 4.58. The molecule has 4 unspecified atom stereocenters. The van der Waals surface area contributed by atoms with Gasteiger partial charge in [0.15, 0.2) is 23.1 Å². The number of aromatic hydroxyl groups is 4. The van der Waals surface area contributed by atoms with Gasteiger partial charge in [0, 0.05) is 11.1 Å². The van der Waals surface area contributed by atoms with E-state index in [0.29, 0.717) is 6.07 Å². The topological polar surface area (TPSA) is 243 Å². The Kier molecular flexibility index (Phi) is 5.70. The Balaban J connectivity index is 1.99. The first-order chi connectivity index (χ1) is 16.3. The third-order valence-corrected chi connectivity index (χ3v) is 6.33. The third kappa shape index (κ3) is 3.25. The van der Waals surface area contributed by atoms with Crippen molar-refractivity contribution in [2.45, 2.75) is 37.4 Å². The van der Waals surface area contributed by atoms with E-state index in [0.717, 1.165) is 6.92 Å². The fraction of sp³-hybridized carbons (Fsp3) is 0.318. The molecule has 0 aromatic heterocycles. The van der Waals surface area contributed by atoms with E-state index in [1.165, 1.54) is 0 Å². The van der Waals surface area contributed by atoms with Crippen LogP contribution in [0.3, 0.4) is 0 Å². The van der Waals surface area contributed by atoms with E-state index in [2.05, 4.69) is 0 Å². The molecule has 9 N–H and O–H groups in total. The summed E-state index contributed by atoms with van der Waals surface area (Å²) in [6.07, 6.45) is -9.12. The number of carboxylic acids is 1. The van der Waals surface area contributed by atoms with Gasteiger partial charge in [0.25, 0.3) is 0 Å². The number of carbonyl (C=O) groups is 3. The molecule has 1 saturated heterocycles. The van der Waals surface area contributed by atoms with Gasteiger partial charge < -0.3 is 50.7 Å². The number of aliphatic hydroxyl groups is 4. The quantitative estimate of drug-likeness (QED) is 0.154. The molecule has 13 nitrogen and oxygen atoms in total. The summed E-state index contributed by atoms with van der Waals surface area (Å²) in [5, 5.41) is 91.5. The van der Waals surface area contributed by atoms with Crippen LogP contribution in [0.5, 0.6) is 23.0 Å². The van der Waals surface area contributed by atoms with Crippen molar-refractivity contribution in [1.82, 2.24) is 0 Å². The Morgan fingerprint density at radius 1 is 0.886 bits per heavy atom. The number of phenols is 4. The molecule has 0 radical (unpaired) electrons. The fourth-order valence-corrected chi connectivity index (χ4v) is 4.58. The van der Waals surface area contributed by atoms with Crippen LogP contribution >= 0.6 is 0 Å². The second-order valence-electron chi connectivity index (χ2n) is 8.24. The molecule has 4 rings (SSSR count). The maximum absolute atomic E-state index is 13.4. The summed E-state index contributed by atoms with van der Waals surface area (Å²) >= 11 is 0. The molecule has 0 amide bonds. The average molecular weight is 492 g/mol. The normalized spacial score (nSPS) is 25.8. The van der Waals surface area contributed by atoms with Crippen LogP contribution in [-0.2, 0) is 4.74 Å². The van der Waals surface area contributed by atoms with Gasteiger partial charge in [0.05, 0.1) is 23.3 Å². The first-order valence-corrected chi connectivity index (χ1v) is 10.2. The van der Waals surface area contributed by atoms with E-state index >= 15 is 0 Å². The maximum atomic E-state index is 13.4. The largest absolute Gasteiger partial charge is 0.507 e. The second-order valence-corrected chi connectivity index (χ2v) is 8.24. The van der Waals surface area contributed by atoms with Crippen LogP contribution < -0.4 is 0 Å². The molecule has 2 aliphatic rings. The minimum Gasteiger partial charge on any atom is -0.507 e. The molecule has 2 aromatic rings. The van der Waals surface area contributed by atoms with Crippen molar-refractivity contribution < 1.29 is 65.1 Å². The molecule has 186 valence electrons. The van der Waals surface area contributed by atoms with E-state index in [1.54, 1.807) is 0 Å². The molecule has 0 bridgehead atoms. The highest BCUT2D eigenvalue weighted by atomic mass is 16.5. The summed E-state index contributed by atoms with van der Waals surface area (Å²) in [6.45, 7) is 0.291. The molecule has 1 aliphatic carbocycles. The predicted molar refractivity (Wildman–Crippen MR) is 111 cm³/mol. The number of benzene rings is 2. The number of rotatable bonds is 3. The Morgan fingerprint density at radius 3 is 2.06 bits per heavy atom. The summed E-state index contributed by atoms with van der Waals surface area (Å²) in [6, 6.07) is 0.716. The van der Waals surface area contributed by atoms with Crippen molar-refractivity contribution in [3.8, 4) is 23.0 Å². The highest BCUT2D eigenvalue weighted by molar-refractivity contribution is 6.31. The van der Waals surface area contributed by atoms with Crippen LogP contribution in [0.4, 0.5) is 0 Å². The lowest BCUT2D eigenvalue weighted by atomic mass is 9.77. The molecular weight excluding hydrogens is 472 g/mol. The van der Waals surface area contributed by atoms with Crippen molar-refractivity contribution in [2.75, 3.05) is 6.61 Å². The minimum absolute atomic E-state index is 0.308. The van der Waals surface area contributed by atoms with Gasteiger partial charge in [-0.3, -0.25) is 9.59 Å². The number of hydrogen-bond donors (Lipinski definition) is 9. The highest BCUT2D eigenvalue weighted by Crippen LogP contribution is 2.52. The molecule has 13 heteroatoms. The van der Waals surface area contributed by atoms with Crippen LogP contribution in [-0.4, -0.2) is 94.5 Å². The van der Waals surface area contributed by atoms with E-state index in [1.807, 2.05) is 0 Å². The van der Waals surface area contributed by atoms with Crippen LogP contribution in [0.25, 0.3) is 0 Å². The summed E-state index contributed by atoms with van der Waals surface area (Å²) in [4.78, 5) is 38.1. The van der Waals surface area contributed by atoms with Gasteiger partial charge in [-0.05, 0) is 18.6 Å². The monoisotopic (exact) mass is 492 g/mol. The lowest BCUT2D eigenvalue weighted by Crippen LogP contribution is -2.55. The number of carboxylic acid groups (broad SMARTS) is 1. The SMILES string of the molecule is Cc1c(C(=O)O)c(O)cc2c1C(=O)c1c(O)c(C3OC(CO)[C@@H](O)C(O)C3O)c(O)c(O)c1C2=O. The van der Waals surface area contributed by atoms with Crippen molar-refractivity contribution in [3.63, 3.8) is 0 Å². The Bertz CT molecular complexity index is 1300. The average Bonchev–Trinajstić information content (AvgIpc) is 2.79. The zero-order valence-corrected chi connectivity index (χ0v) is 17.8. The predicted octanol–water partition coefficient (Wildman–Crippen LogP) is -1.19. The summed E-state index contributed by atoms with van der Waals surface area (Å²) < 4.78 is 5.30. The van der Waals surface area contributed by atoms with Crippen molar-refractivity contribution in [1.29, 1.82) is 0 Å². The van der Waals surface area contributed by atoms with Gasteiger partial charge in [0.2, 0.25) is 0 Å². The van der Waals surface area contributed by atoms with Gasteiger partial charge in [-0.25, -0.2) is 4.79 Å². The minimum atomic E-state index is -2.03. The number of ketones is 2. The lowest BCUT2D eigenvalue weighted by Gasteiger charge is -2.40. The van der Waals surface area contributed by atoms with Gasteiger partial charge in [-0.15, -0.1) is 0 Å². The highest BCUT2D eigenvalue weighted by Gasteiger charge is 2.48. The Hall–Kier alpha value is -3.75. The van der Waals surface area contributed by atoms with E-state index in [9.17, 15) is 60.3 Å². The lowest BCUT2D eigenvalue weighted by molar-refractivity contribution is -0.232. The molecule has 1 aliphatic heterocycles. The van der Waals surface area contributed by atoms with Crippen molar-refractivity contribution in [2.24, 2.45) is 0 Å². The molecule has 1 heterocycles. The smallest absolute Gasteiger partial charge is 0.339 e. The third-order valence-electron chi connectivity index (χ3n) is 6.33. The second kappa shape index (κ2) is 8.18. The molecule has 1 fully saturated rings. The van der Waals surface area contributed by atoms with Gasteiger partial charge in [-0.1, -0.05) is 0 Å². The first kappa shape index (κ1) is 24.4. The first-order valence-electron chi connectivity index (χ1n) is 10.2. The van der Waals surface area contributed by atoms with Crippen LogP contribution in [0.15, 0.2) is 6.07 Å². The van der Waals surface area contributed by atoms with E-state index < -0.39 is 111 Å². The number of fused-ring (bicyclic) bond motifs is 2. The number of ether oxygens (including phenoxy) is 1. The number of aromatic carboxylic acids is 1. The molecule has 0 saturated carbocycles. The molecule has 5 atom stereocenters. The Morgan fingerprint density at radius 2 is 1.49 bits per heavy atom. The van der Waals surface area contributed by atoms with Crippen LogP contribution in [0.1, 0.15) is 59.4 Å². The number of carbonyl (C=O) groups excluding carboxylic acids is 2. The Labute approximate surface area is 195 Å². The van der Waals surface area contributed by atoms with Crippen LogP contribution in [0, 0.1) is 6.92 Å². The maximum Gasteiger partial charge on any atom is 0.339 e. The standard InChI is InChI=1S/C22H20O13/c1-4-8-5(2-6(24)9(4)22(33)34)13(25)10-11(15(8)27)16(28)12(18(30)17(10)29)21-20(32)19(31)14(26)7(3-23)35-21/h2,7,14,19-21,23-24,26,28-32H,3H2,1H3,(H,33,34)/t7?,14-,19?,20?,21?/m1/s1. The molecular formula is C22H20O13. The van der Waals surface area contributed by atoms with Crippen LogP contribution in [0.2, 0.25) is 0 Å². The molecule has 0 spiro atoms. The number of phenolic OH excluding ortho intramolecular Hbond substituents is 3. The van der Waals surface area contributed by atoms with E-state index in [4.69, 9.17) is 4.74 Å². The summed E-state index contributed by atoms with van der Waals surface area (Å²) in [7, 11) is 0. The van der Waals surface area contributed by atoms with Gasteiger partial charge >= 0.3 is 5.97 Å².